The van der Waals surface area contributed by atoms with E-state index >= 15 is 0 Å². The maximum absolute atomic E-state index is 8.31. The predicted octanol–water partition coefficient (Wildman–Crippen LogP) is 25.9. The Morgan fingerprint density at radius 1 is 0.262 bits per heavy atom. The van der Waals surface area contributed by atoms with Crippen molar-refractivity contribution < 1.29 is 59.9 Å². The summed E-state index contributed by atoms with van der Waals surface area (Å²) in [4.78, 5) is 0. The summed E-state index contributed by atoms with van der Waals surface area (Å²) in [6.07, 6.45) is 0. The van der Waals surface area contributed by atoms with E-state index in [9.17, 15) is 0 Å². The average molecular weight is 2010 g/mol. The third-order valence-corrected chi connectivity index (χ3v) is 29.8. The molecule has 0 amide bonds. The molecule has 1 heterocycles. The number of hydrogen-bond donors (Lipinski definition) is 0. The van der Waals surface area contributed by atoms with Gasteiger partial charge in [0.05, 0.1) is 41.4 Å². The van der Waals surface area contributed by atoms with Crippen molar-refractivity contribution in [1.82, 2.24) is 0 Å². The van der Waals surface area contributed by atoms with Crippen molar-refractivity contribution in [3.63, 3.8) is 0 Å². The molecule has 608 valence electrons. The molecular formula is C111H98BBr2IO2P4Pd. The molecule has 18 aromatic carbocycles. The monoisotopic (exact) mass is 2010 g/mol. The van der Waals surface area contributed by atoms with Gasteiger partial charge in [0, 0.05) is 32.9 Å². The maximum atomic E-state index is 8.31. The first-order chi connectivity index (χ1) is 68.0. The number of fused-ring (bicyclic) bond motifs is 2. The Balaban J connectivity index is 0.000000162. The van der Waals surface area contributed by atoms with Crippen LogP contribution in [0.15, 0.2) is 506 Å². The molecule has 0 aromatic heterocycles. The van der Waals surface area contributed by atoms with Gasteiger partial charge in [0.15, 0.2) is 0 Å². The van der Waals surface area contributed by atoms with Gasteiger partial charge in [-0.1, -0.05) is 500 Å². The van der Waals surface area contributed by atoms with E-state index < -0.39 is 147 Å². The van der Waals surface area contributed by atoms with Crippen LogP contribution in [0.3, 0.4) is 0 Å². The molecular weight excluding hydrogens is 1890 g/mol. The third-order valence-electron chi connectivity index (χ3n) is 18.7. The standard InChI is InChI=1S/4C18H15P.C16H19BO2.C16H11Br.C6H4BrI.CH4.Pd/c4*1-4-10-16(11-5-1)19(17-12-6-2-7-13-17)18-14-8-3-9-15-18;1-15(2)16(3,4)19-17(18-15)14-11-7-9-12-8-5-6-10-13(12)14;17-14-10-8-13(9-11-14)16-7-3-5-12-4-1-2-6-15(12)16;7-5-1-3-6(8)4-2-5;;/h4*1-15H;5-11H,1-4H3;1-11H;1-4H;1H4;/i;;;;5D,6D,7D,8D,9D,10D,11D;1D,2D,3D,4D,5D,6D,7D,8D,9D,10D,11D;1D,2D,3D,4D;;. The Morgan fingerprint density at radius 2 is 0.467 bits per heavy atom. The summed E-state index contributed by atoms with van der Waals surface area (Å²) >= 11 is 7.78. The minimum atomic E-state index is -1.07. The molecule has 0 N–H and O–H groups in total. The molecule has 0 aliphatic carbocycles. The molecule has 0 unspecified atom stereocenters. The molecule has 2 nitrogen and oxygen atoms in total. The van der Waals surface area contributed by atoms with Crippen LogP contribution in [0.25, 0.3) is 32.7 Å². The molecule has 1 aliphatic heterocycles. The van der Waals surface area contributed by atoms with Crippen molar-refractivity contribution in [2.75, 3.05) is 0 Å². The molecule has 0 atom stereocenters. The van der Waals surface area contributed by atoms with Gasteiger partial charge < -0.3 is 9.31 Å². The van der Waals surface area contributed by atoms with Gasteiger partial charge in [-0.2, -0.15) is 0 Å². The van der Waals surface area contributed by atoms with Gasteiger partial charge in [-0.15, -0.1) is 0 Å². The first-order valence-corrected chi connectivity index (χ1v) is 46.4. The van der Waals surface area contributed by atoms with E-state index in [-0.39, 0.29) is 111 Å². The second-order valence-electron chi connectivity index (χ2n) is 27.3. The van der Waals surface area contributed by atoms with E-state index in [1.807, 2.05) is 27.7 Å². The first kappa shape index (κ1) is 67.0. The smallest absolute Gasteiger partial charge is 0.399 e. The Bertz CT molecular complexity index is 6410. The third kappa shape index (κ3) is 26.5. The summed E-state index contributed by atoms with van der Waals surface area (Å²) in [5.74, 6) is 0. The fourth-order valence-corrected chi connectivity index (χ4v) is 22.3. The zero-order valence-electron chi connectivity index (χ0n) is 88.3. The fourth-order valence-electron chi connectivity index (χ4n) is 12.4. The Kier molecular flexibility index (Phi) is 26.7. The van der Waals surface area contributed by atoms with Crippen LogP contribution in [0.5, 0.6) is 0 Å². The second kappa shape index (κ2) is 48.6. The van der Waals surface area contributed by atoms with Crippen molar-refractivity contribution in [1.29, 1.82) is 0 Å². The van der Waals surface area contributed by atoms with E-state index in [1.165, 1.54) is 63.7 Å². The van der Waals surface area contributed by atoms with E-state index in [0.29, 0.717) is 3.57 Å². The van der Waals surface area contributed by atoms with Crippen LogP contribution in [0.4, 0.5) is 0 Å². The topological polar surface area (TPSA) is 18.5 Å². The number of benzene rings is 18. The average Bonchev–Trinajstić information content (AvgIpc) is 0.935. The van der Waals surface area contributed by atoms with Crippen LogP contribution in [0.2, 0.25) is 0 Å². The zero-order valence-corrected chi connectivity index (χ0v) is 76.7. The minimum Gasteiger partial charge on any atom is -0.399 e. The predicted molar refractivity (Wildman–Crippen MR) is 551 cm³/mol. The van der Waals surface area contributed by atoms with Gasteiger partial charge in [-0.25, -0.2) is 0 Å². The van der Waals surface area contributed by atoms with Gasteiger partial charge in [-0.05, 0) is 220 Å². The SMILES string of the molecule is C.[2H]c1c([2H])c(-c2c([2H])c([2H])c([2H])c3c([2H])c([2H])c([2H])c([2H])c23)c([2H])c([2H])c1Br.[2H]c1c([2H])c(I)c([2H])c([2H])c1Br.[2H]c1c([2H])c([2H])c2c(B3OC(C)(C)C(C)(C)O3)c([2H])c([2H])c([2H])c2c1[2H].[Pd].c1ccc(P(c2ccccc2)c2ccccc2)cc1.c1ccc(P(c2ccccc2)c2ccccc2)cc1.c1ccc(P(c2ccccc2)c2ccccc2)cc1.c1ccc(P(c2ccccc2)c2ccccc2)cc1. The molecule has 1 aliphatic rings. The van der Waals surface area contributed by atoms with Gasteiger partial charge in [0.25, 0.3) is 0 Å². The molecule has 0 bridgehead atoms. The first-order valence-electron chi connectivity index (χ1n) is 49.3. The molecule has 0 spiro atoms. The van der Waals surface area contributed by atoms with Crippen molar-refractivity contribution in [3.05, 3.63) is 509 Å². The number of rotatable bonds is 14. The maximum Gasteiger partial charge on any atom is 0.495 e. The number of hydrogen-bond acceptors (Lipinski definition) is 2. The molecule has 0 saturated carbocycles. The van der Waals surface area contributed by atoms with Crippen LogP contribution in [-0.2, 0) is 29.7 Å². The molecule has 11 heteroatoms. The molecule has 122 heavy (non-hydrogen) atoms. The molecule has 1 saturated heterocycles. The van der Waals surface area contributed by atoms with Crippen molar-refractivity contribution in [2.24, 2.45) is 0 Å². The van der Waals surface area contributed by atoms with Gasteiger partial charge in [-0.3, -0.25) is 0 Å². The van der Waals surface area contributed by atoms with Crippen molar-refractivity contribution in [2.45, 2.75) is 46.3 Å². The molecule has 19 rings (SSSR count). The Morgan fingerprint density at radius 3 is 0.721 bits per heavy atom. The van der Waals surface area contributed by atoms with E-state index in [1.54, 1.807) is 22.6 Å². The van der Waals surface area contributed by atoms with Crippen molar-refractivity contribution in [3.8, 4) is 11.1 Å². The normalized spacial score (nSPS) is 14.5. The molecule has 0 radical (unpaired) electrons. The zero-order chi connectivity index (χ0) is 102. The summed E-state index contributed by atoms with van der Waals surface area (Å²) in [5, 5.41) is 16.1. The minimum absolute atomic E-state index is 0. The quantitative estimate of drug-likeness (QED) is 0.0614. The van der Waals surface area contributed by atoms with E-state index in [0.717, 1.165) is 0 Å². The molecule has 1 fully saturated rings. The summed E-state index contributed by atoms with van der Waals surface area (Å²) in [7, 11) is -2.85. The van der Waals surface area contributed by atoms with Crippen LogP contribution >= 0.6 is 86.1 Å². The van der Waals surface area contributed by atoms with E-state index in [4.69, 9.17) is 39.5 Å². The summed E-state index contributed by atoms with van der Waals surface area (Å²) in [5.41, 5.74) is -2.06. The summed E-state index contributed by atoms with van der Waals surface area (Å²) < 4.78 is 187. The fraction of sp³-hybridized carbons (Fsp3) is 0.0631. The number of halogens is 3. The Labute approximate surface area is 804 Å². The van der Waals surface area contributed by atoms with Crippen molar-refractivity contribution >= 4 is 184 Å². The van der Waals surface area contributed by atoms with E-state index in [2.05, 4.69) is 396 Å². The summed E-state index contributed by atoms with van der Waals surface area (Å²) in [6.45, 7) is 7.31. The van der Waals surface area contributed by atoms with Crippen LogP contribution in [0.1, 0.15) is 65.3 Å². The van der Waals surface area contributed by atoms with Crippen LogP contribution < -0.4 is 69.1 Å². The van der Waals surface area contributed by atoms with Gasteiger partial charge in [0.1, 0.15) is 0 Å². The molecule has 18 aromatic rings. The van der Waals surface area contributed by atoms with Crippen LogP contribution in [-0.4, -0.2) is 18.3 Å². The van der Waals surface area contributed by atoms with Crippen LogP contribution in [0, 0.1) is 3.57 Å². The Hall–Kier alpha value is -9.46. The largest absolute Gasteiger partial charge is 0.495 e. The van der Waals surface area contributed by atoms with Gasteiger partial charge >= 0.3 is 7.12 Å². The van der Waals surface area contributed by atoms with Gasteiger partial charge in [0.2, 0.25) is 0 Å². The summed E-state index contributed by atoms with van der Waals surface area (Å²) in [6, 6.07) is 120. The second-order valence-corrected chi connectivity index (χ2v) is 38.9.